The molecule has 1 N–H and O–H groups in total. The van der Waals surface area contributed by atoms with E-state index < -0.39 is 23.9 Å². The largest absolute Gasteiger partial charge is 0.490 e. The van der Waals surface area contributed by atoms with E-state index in [1.54, 1.807) is 31.2 Å². The average Bonchev–Trinajstić information content (AvgIpc) is 3.49. The average molecular weight is 517 g/mol. The third-order valence-corrected chi connectivity index (χ3v) is 5.33. The van der Waals surface area contributed by atoms with Gasteiger partial charge in [0.05, 0.1) is 20.3 Å². The van der Waals surface area contributed by atoms with Gasteiger partial charge in [-0.3, -0.25) is 9.69 Å². The van der Waals surface area contributed by atoms with Crippen molar-refractivity contribution in [2.75, 3.05) is 13.7 Å². The highest BCUT2D eigenvalue weighted by Crippen LogP contribution is 2.30. The molecule has 1 aliphatic rings. The summed E-state index contributed by atoms with van der Waals surface area (Å²) in [6, 6.07) is 16.3. The Bertz CT molecular complexity index is 1420. The zero-order valence-corrected chi connectivity index (χ0v) is 20.6. The highest BCUT2D eigenvalue weighted by molar-refractivity contribution is 6.13. The number of nitrogens with one attached hydrogen (secondary N) is 1. The number of hydrogen-bond acceptors (Lipinski definition) is 8. The summed E-state index contributed by atoms with van der Waals surface area (Å²) in [6.45, 7) is 1.92. The molecule has 38 heavy (non-hydrogen) atoms. The quantitative estimate of drug-likeness (QED) is 0.194. The van der Waals surface area contributed by atoms with E-state index in [0.717, 1.165) is 10.5 Å². The van der Waals surface area contributed by atoms with Crippen molar-refractivity contribution in [1.82, 2.24) is 10.2 Å². The van der Waals surface area contributed by atoms with Crippen LogP contribution in [0, 0.1) is 0 Å². The topological polar surface area (TPSA) is 124 Å². The molecule has 3 aromatic rings. The maximum absolute atomic E-state index is 12.9. The number of benzene rings is 2. The summed E-state index contributed by atoms with van der Waals surface area (Å²) >= 11 is 0. The first-order valence-electron chi connectivity index (χ1n) is 11.6. The number of rotatable bonds is 9. The summed E-state index contributed by atoms with van der Waals surface area (Å²) in [4.78, 5) is 50.1. The van der Waals surface area contributed by atoms with Gasteiger partial charge in [-0.25, -0.2) is 14.4 Å². The first-order chi connectivity index (χ1) is 18.4. The molecule has 2 heterocycles. The van der Waals surface area contributed by atoms with Crippen LogP contribution < -0.4 is 14.8 Å². The predicted molar refractivity (Wildman–Crippen MR) is 136 cm³/mol. The predicted octanol–water partition coefficient (Wildman–Crippen LogP) is 4.18. The van der Waals surface area contributed by atoms with Gasteiger partial charge in [-0.1, -0.05) is 36.4 Å². The van der Waals surface area contributed by atoms with E-state index in [-0.39, 0.29) is 29.5 Å². The molecule has 1 aromatic heterocycles. The summed E-state index contributed by atoms with van der Waals surface area (Å²) in [5.74, 6) is -1.12. The molecule has 1 saturated heterocycles. The number of amides is 3. The maximum Gasteiger partial charge on any atom is 0.373 e. The van der Waals surface area contributed by atoms with Crippen LogP contribution in [0.2, 0.25) is 0 Å². The Kier molecular flexibility index (Phi) is 8.02. The van der Waals surface area contributed by atoms with E-state index in [4.69, 9.17) is 13.9 Å². The van der Waals surface area contributed by atoms with Gasteiger partial charge in [0, 0.05) is 6.08 Å². The SMILES string of the molecule is CCOc1cc(/C=C2\NC(=O)N(Cc3ccc(C(=O)OC)o3)C2=O)ccc1OC(=O)/C=C/c1ccccc1. The molecule has 10 heteroatoms. The highest BCUT2D eigenvalue weighted by atomic mass is 16.6. The molecule has 194 valence electrons. The Labute approximate surface area is 218 Å². The Balaban J connectivity index is 1.47. The molecule has 0 radical (unpaired) electrons. The second kappa shape index (κ2) is 11.7. The molecule has 0 spiro atoms. The van der Waals surface area contributed by atoms with Crippen LogP contribution in [0.5, 0.6) is 11.5 Å². The van der Waals surface area contributed by atoms with Crippen LogP contribution in [-0.4, -0.2) is 42.5 Å². The van der Waals surface area contributed by atoms with Crippen LogP contribution >= 0.6 is 0 Å². The van der Waals surface area contributed by atoms with Crippen LogP contribution in [0.25, 0.3) is 12.2 Å². The molecular weight excluding hydrogens is 492 g/mol. The van der Waals surface area contributed by atoms with Crippen molar-refractivity contribution in [3.05, 3.63) is 95.1 Å². The van der Waals surface area contributed by atoms with Gasteiger partial charge in [0.1, 0.15) is 11.5 Å². The molecule has 10 nitrogen and oxygen atoms in total. The van der Waals surface area contributed by atoms with Gasteiger partial charge in [-0.15, -0.1) is 0 Å². The number of esters is 2. The van der Waals surface area contributed by atoms with E-state index in [1.165, 1.54) is 31.4 Å². The molecule has 2 aromatic carbocycles. The molecule has 4 rings (SSSR count). The summed E-state index contributed by atoms with van der Waals surface area (Å²) in [5.41, 5.74) is 1.42. The van der Waals surface area contributed by atoms with Crippen molar-refractivity contribution in [3.8, 4) is 11.5 Å². The second-order valence-corrected chi connectivity index (χ2v) is 7.94. The van der Waals surface area contributed by atoms with Crippen molar-refractivity contribution in [2.45, 2.75) is 13.5 Å². The van der Waals surface area contributed by atoms with Gasteiger partial charge in [-0.05, 0) is 54.5 Å². The zero-order chi connectivity index (χ0) is 27.1. The summed E-state index contributed by atoms with van der Waals surface area (Å²) in [5, 5.41) is 2.52. The number of ether oxygens (including phenoxy) is 3. The third-order valence-electron chi connectivity index (χ3n) is 5.33. The Morgan fingerprint density at radius 3 is 2.53 bits per heavy atom. The molecule has 3 amide bonds. The fourth-order valence-electron chi connectivity index (χ4n) is 3.55. The second-order valence-electron chi connectivity index (χ2n) is 7.94. The number of nitrogens with zero attached hydrogens (tertiary/aromatic N) is 1. The van der Waals surface area contributed by atoms with Crippen LogP contribution in [0.4, 0.5) is 4.79 Å². The van der Waals surface area contributed by atoms with Gasteiger partial charge < -0.3 is 23.9 Å². The van der Waals surface area contributed by atoms with Gasteiger partial charge in [0.15, 0.2) is 11.5 Å². The number of carbonyl (C=O) groups excluding carboxylic acids is 4. The van der Waals surface area contributed by atoms with Gasteiger partial charge in [0.25, 0.3) is 5.91 Å². The minimum Gasteiger partial charge on any atom is -0.490 e. The van der Waals surface area contributed by atoms with Gasteiger partial charge in [-0.2, -0.15) is 0 Å². The van der Waals surface area contributed by atoms with E-state index >= 15 is 0 Å². The molecule has 1 fully saturated rings. The van der Waals surface area contributed by atoms with E-state index in [1.807, 2.05) is 30.3 Å². The first kappa shape index (κ1) is 26.0. The molecule has 1 aliphatic heterocycles. The number of methoxy groups -OCH3 is 1. The summed E-state index contributed by atoms with van der Waals surface area (Å²) < 4.78 is 21.0. The number of hydrogen-bond donors (Lipinski definition) is 1. The number of carbonyl (C=O) groups is 4. The lowest BCUT2D eigenvalue weighted by Gasteiger charge is -2.11. The van der Waals surface area contributed by atoms with Crippen LogP contribution in [0.3, 0.4) is 0 Å². The molecule has 0 saturated carbocycles. The number of imide groups is 1. The van der Waals surface area contributed by atoms with Crippen molar-refractivity contribution < 1.29 is 37.8 Å². The van der Waals surface area contributed by atoms with Gasteiger partial charge in [0.2, 0.25) is 5.76 Å². The smallest absolute Gasteiger partial charge is 0.373 e. The molecule has 0 aliphatic carbocycles. The number of furan rings is 1. The lowest BCUT2D eigenvalue weighted by molar-refractivity contribution is -0.129. The standard InChI is InChI=1S/C28H24N2O8/c1-3-36-24-16-19(9-12-22(24)38-25(31)14-10-18-7-5-4-6-8-18)15-21-26(32)30(28(34)29-21)17-20-11-13-23(37-20)27(33)35-2/h4-16H,3,17H2,1-2H3,(H,29,34)/b14-10+,21-15-. The lowest BCUT2D eigenvalue weighted by Crippen LogP contribution is -2.30. The number of urea groups is 1. The minimum absolute atomic E-state index is 0.0349. The molecular formula is C28H24N2O8. The Morgan fingerprint density at radius 2 is 1.79 bits per heavy atom. The van der Waals surface area contributed by atoms with Crippen molar-refractivity contribution in [3.63, 3.8) is 0 Å². The Morgan fingerprint density at radius 1 is 1.00 bits per heavy atom. The Hall–Kier alpha value is -5.12. The van der Waals surface area contributed by atoms with Crippen LogP contribution in [0.1, 0.15) is 34.4 Å². The third kappa shape index (κ3) is 6.16. The van der Waals surface area contributed by atoms with Crippen molar-refractivity contribution >= 4 is 36.0 Å². The van der Waals surface area contributed by atoms with E-state index in [9.17, 15) is 19.2 Å². The van der Waals surface area contributed by atoms with Gasteiger partial charge >= 0.3 is 18.0 Å². The minimum atomic E-state index is -0.666. The van der Waals surface area contributed by atoms with E-state index in [0.29, 0.717) is 17.9 Å². The lowest BCUT2D eigenvalue weighted by atomic mass is 10.1. The monoisotopic (exact) mass is 516 g/mol. The summed E-state index contributed by atoms with van der Waals surface area (Å²) in [7, 11) is 1.22. The maximum atomic E-state index is 12.9. The van der Waals surface area contributed by atoms with Crippen LogP contribution in [0.15, 0.2) is 76.9 Å². The molecule has 0 atom stereocenters. The van der Waals surface area contributed by atoms with Crippen molar-refractivity contribution in [2.24, 2.45) is 0 Å². The fraction of sp³-hybridized carbons (Fsp3) is 0.143. The normalized spacial score (nSPS) is 14.2. The zero-order valence-electron chi connectivity index (χ0n) is 20.6. The molecule has 0 unspecified atom stereocenters. The first-order valence-corrected chi connectivity index (χ1v) is 11.6. The fourth-order valence-corrected chi connectivity index (χ4v) is 3.55. The highest BCUT2D eigenvalue weighted by Gasteiger charge is 2.34. The van der Waals surface area contributed by atoms with Crippen molar-refractivity contribution in [1.29, 1.82) is 0 Å². The molecule has 0 bridgehead atoms. The van der Waals surface area contributed by atoms with Crippen LogP contribution in [-0.2, 0) is 20.9 Å². The summed E-state index contributed by atoms with van der Waals surface area (Å²) in [6.07, 6.45) is 4.43. The van der Waals surface area contributed by atoms with E-state index in [2.05, 4.69) is 10.1 Å².